The topological polar surface area (TPSA) is 43.1 Å². The third-order valence-corrected chi connectivity index (χ3v) is 4.51. The lowest BCUT2D eigenvalue weighted by molar-refractivity contribution is 0.551. The number of benzene rings is 2. The van der Waals surface area contributed by atoms with Crippen molar-refractivity contribution in [1.82, 2.24) is 4.98 Å². The summed E-state index contributed by atoms with van der Waals surface area (Å²) in [5.74, 6) is 0. The van der Waals surface area contributed by atoms with Gasteiger partial charge >= 0.3 is 5.63 Å². The average molecular weight is 327 g/mol. The summed E-state index contributed by atoms with van der Waals surface area (Å²) in [6, 6.07) is 19.8. The molecule has 0 aliphatic carbocycles. The second kappa shape index (κ2) is 6.36. The summed E-state index contributed by atoms with van der Waals surface area (Å²) in [5.41, 5.74) is 5.12. The quantitative estimate of drug-likeness (QED) is 0.510. The maximum atomic E-state index is 12.5. The highest BCUT2D eigenvalue weighted by atomic mass is 16.4. The third kappa shape index (κ3) is 2.96. The molecule has 0 saturated carbocycles. The van der Waals surface area contributed by atoms with Crippen molar-refractivity contribution in [2.45, 2.75) is 13.3 Å². The van der Waals surface area contributed by atoms with E-state index in [0.717, 1.165) is 27.6 Å². The smallest absolute Gasteiger partial charge is 0.340 e. The minimum Gasteiger partial charge on any atom is -0.422 e. The molecule has 0 saturated heterocycles. The SMILES string of the molecule is Cc1c(Cc2ccccc2)c(=O)oc2cc(-c3cccnc3)ccc12. The van der Waals surface area contributed by atoms with Crippen molar-refractivity contribution in [3.05, 3.63) is 100 Å². The Hall–Kier alpha value is -3.20. The number of rotatable bonds is 3. The molecule has 0 atom stereocenters. The van der Waals surface area contributed by atoms with Crippen molar-refractivity contribution in [2.24, 2.45) is 0 Å². The van der Waals surface area contributed by atoms with Crippen LogP contribution in [0.25, 0.3) is 22.1 Å². The van der Waals surface area contributed by atoms with Gasteiger partial charge in [0.1, 0.15) is 5.58 Å². The predicted molar refractivity (Wildman–Crippen MR) is 99.7 cm³/mol. The summed E-state index contributed by atoms with van der Waals surface area (Å²) < 4.78 is 5.63. The molecule has 0 radical (unpaired) electrons. The summed E-state index contributed by atoms with van der Waals surface area (Å²) in [6.45, 7) is 1.99. The average Bonchev–Trinajstić information content (AvgIpc) is 2.66. The largest absolute Gasteiger partial charge is 0.422 e. The normalized spacial score (nSPS) is 10.9. The van der Waals surface area contributed by atoms with Crippen molar-refractivity contribution in [3.8, 4) is 11.1 Å². The van der Waals surface area contributed by atoms with Crippen LogP contribution in [0.1, 0.15) is 16.7 Å². The van der Waals surface area contributed by atoms with E-state index >= 15 is 0 Å². The van der Waals surface area contributed by atoms with Gasteiger partial charge in [-0.3, -0.25) is 4.98 Å². The number of aromatic nitrogens is 1. The Bertz CT molecular complexity index is 1080. The Balaban J connectivity index is 1.82. The molecular formula is C22H17NO2. The van der Waals surface area contributed by atoms with Crippen LogP contribution in [0.2, 0.25) is 0 Å². The maximum Gasteiger partial charge on any atom is 0.340 e. The molecule has 0 unspecified atom stereocenters. The molecule has 25 heavy (non-hydrogen) atoms. The summed E-state index contributed by atoms with van der Waals surface area (Å²) >= 11 is 0. The Morgan fingerprint density at radius 1 is 0.960 bits per heavy atom. The van der Waals surface area contributed by atoms with Gasteiger partial charge in [-0.25, -0.2) is 4.79 Å². The number of hydrogen-bond donors (Lipinski definition) is 0. The molecule has 0 amide bonds. The molecule has 4 aromatic rings. The molecule has 2 aromatic carbocycles. The van der Waals surface area contributed by atoms with Crippen LogP contribution in [0.4, 0.5) is 0 Å². The molecule has 0 spiro atoms. The fourth-order valence-electron chi connectivity index (χ4n) is 3.11. The predicted octanol–water partition coefficient (Wildman–Crippen LogP) is 4.75. The first-order valence-electron chi connectivity index (χ1n) is 8.23. The first-order valence-corrected chi connectivity index (χ1v) is 8.23. The van der Waals surface area contributed by atoms with Crippen molar-refractivity contribution in [2.75, 3.05) is 0 Å². The van der Waals surface area contributed by atoms with E-state index in [1.54, 1.807) is 12.4 Å². The van der Waals surface area contributed by atoms with Gasteiger partial charge in [-0.2, -0.15) is 0 Å². The van der Waals surface area contributed by atoms with Gasteiger partial charge in [0.2, 0.25) is 0 Å². The zero-order valence-corrected chi connectivity index (χ0v) is 13.9. The van der Waals surface area contributed by atoms with Crippen molar-refractivity contribution in [1.29, 1.82) is 0 Å². The maximum absolute atomic E-state index is 12.5. The molecule has 0 aliphatic heterocycles. The lowest BCUT2D eigenvalue weighted by Crippen LogP contribution is -2.10. The monoisotopic (exact) mass is 327 g/mol. The first kappa shape index (κ1) is 15.3. The fourth-order valence-corrected chi connectivity index (χ4v) is 3.11. The molecule has 0 N–H and O–H groups in total. The van der Waals surface area contributed by atoms with Gasteiger partial charge in [-0.05, 0) is 35.7 Å². The van der Waals surface area contributed by atoms with Crippen LogP contribution >= 0.6 is 0 Å². The standard InChI is InChI=1S/C22H17NO2/c1-15-19-10-9-17(18-8-5-11-23-14-18)13-21(19)25-22(24)20(15)12-16-6-3-2-4-7-16/h2-11,13-14H,12H2,1H3. The number of pyridine rings is 1. The van der Waals surface area contributed by atoms with Gasteiger partial charge in [0.05, 0.1) is 0 Å². The van der Waals surface area contributed by atoms with E-state index in [-0.39, 0.29) is 5.63 Å². The molecule has 0 aliphatic rings. The molecular weight excluding hydrogens is 310 g/mol. The Kier molecular flexibility index (Phi) is 3.90. The van der Waals surface area contributed by atoms with Gasteiger partial charge in [-0.15, -0.1) is 0 Å². The Labute approximate surface area is 145 Å². The van der Waals surface area contributed by atoms with E-state index in [1.807, 2.05) is 67.6 Å². The van der Waals surface area contributed by atoms with Crippen LogP contribution < -0.4 is 5.63 Å². The number of aryl methyl sites for hydroxylation is 1. The second-order valence-corrected chi connectivity index (χ2v) is 6.11. The van der Waals surface area contributed by atoms with Crippen LogP contribution in [0, 0.1) is 6.92 Å². The summed E-state index contributed by atoms with van der Waals surface area (Å²) in [6.07, 6.45) is 4.12. The van der Waals surface area contributed by atoms with Crippen molar-refractivity contribution < 1.29 is 4.42 Å². The van der Waals surface area contributed by atoms with Crippen molar-refractivity contribution >= 4 is 11.0 Å². The van der Waals surface area contributed by atoms with E-state index in [9.17, 15) is 4.79 Å². The van der Waals surface area contributed by atoms with Crippen LogP contribution in [0.15, 0.2) is 82.3 Å². The van der Waals surface area contributed by atoms with Gasteiger partial charge in [-0.1, -0.05) is 48.5 Å². The highest BCUT2D eigenvalue weighted by Crippen LogP contribution is 2.26. The molecule has 0 bridgehead atoms. The minimum atomic E-state index is -0.266. The molecule has 2 aromatic heterocycles. The zero-order chi connectivity index (χ0) is 17.2. The highest BCUT2D eigenvalue weighted by Gasteiger charge is 2.12. The Morgan fingerprint density at radius 3 is 2.56 bits per heavy atom. The van der Waals surface area contributed by atoms with Gasteiger partial charge in [0, 0.05) is 35.3 Å². The van der Waals surface area contributed by atoms with Crippen molar-refractivity contribution in [3.63, 3.8) is 0 Å². The van der Waals surface area contributed by atoms with Crippen LogP contribution in [-0.4, -0.2) is 4.98 Å². The number of hydrogen-bond acceptors (Lipinski definition) is 3. The van der Waals surface area contributed by atoms with Crippen LogP contribution in [0.3, 0.4) is 0 Å². The summed E-state index contributed by atoms with van der Waals surface area (Å²) in [4.78, 5) is 16.7. The lowest BCUT2D eigenvalue weighted by Gasteiger charge is -2.09. The van der Waals surface area contributed by atoms with E-state index in [1.165, 1.54) is 0 Å². The molecule has 122 valence electrons. The number of fused-ring (bicyclic) bond motifs is 1. The molecule has 0 fully saturated rings. The van der Waals surface area contributed by atoms with Gasteiger partial charge < -0.3 is 4.42 Å². The first-order chi connectivity index (χ1) is 12.2. The minimum absolute atomic E-state index is 0.266. The van der Waals surface area contributed by atoms with E-state index in [4.69, 9.17) is 4.42 Å². The summed E-state index contributed by atoms with van der Waals surface area (Å²) in [5, 5.41) is 0.971. The second-order valence-electron chi connectivity index (χ2n) is 6.11. The number of nitrogens with zero attached hydrogens (tertiary/aromatic N) is 1. The Morgan fingerprint density at radius 2 is 1.80 bits per heavy atom. The molecule has 2 heterocycles. The van der Waals surface area contributed by atoms with E-state index in [2.05, 4.69) is 4.98 Å². The van der Waals surface area contributed by atoms with Gasteiger partial charge in [0.15, 0.2) is 0 Å². The molecule has 3 nitrogen and oxygen atoms in total. The zero-order valence-electron chi connectivity index (χ0n) is 13.9. The van der Waals surface area contributed by atoms with E-state index in [0.29, 0.717) is 17.6 Å². The third-order valence-electron chi connectivity index (χ3n) is 4.51. The van der Waals surface area contributed by atoms with E-state index < -0.39 is 0 Å². The summed E-state index contributed by atoms with van der Waals surface area (Å²) in [7, 11) is 0. The lowest BCUT2D eigenvalue weighted by atomic mass is 9.98. The highest BCUT2D eigenvalue weighted by molar-refractivity contribution is 5.85. The van der Waals surface area contributed by atoms with Crippen LogP contribution in [0.5, 0.6) is 0 Å². The molecule has 4 rings (SSSR count). The molecule has 3 heteroatoms. The van der Waals surface area contributed by atoms with Gasteiger partial charge in [0.25, 0.3) is 0 Å². The fraction of sp³-hybridized carbons (Fsp3) is 0.0909. The van der Waals surface area contributed by atoms with Crippen LogP contribution in [-0.2, 0) is 6.42 Å².